The summed E-state index contributed by atoms with van der Waals surface area (Å²) in [6, 6.07) is 9.14. The summed E-state index contributed by atoms with van der Waals surface area (Å²) in [6.07, 6.45) is 0.446. The van der Waals surface area contributed by atoms with Crippen LogP contribution < -0.4 is 21.9 Å². The number of nitrogens with two attached hydrogens (primary N) is 1. The summed E-state index contributed by atoms with van der Waals surface area (Å²) in [4.78, 5) is 53.1. The van der Waals surface area contributed by atoms with Gasteiger partial charge in [0.25, 0.3) is 5.56 Å². The second-order valence-corrected chi connectivity index (χ2v) is 7.74. The first-order valence-electron chi connectivity index (χ1n) is 10.1. The third-order valence-corrected chi connectivity index (χ3v) is 5.34. The van der Waals surface area contributed by atoms with Gasteiger partial charge >= 0.3 is 11.7 Å². The molecule has 0 saturated heterocycles. The van der Waals surface area contributed by atoms with E-state index in [2.05, 4.69) is 4.98 Å². The molecule has 11 heteroatoms. The number of hydrogen-bond donors (Lipinski definition) is 2. The van der Waals surface area contributed by atoms with Crippen LogP contribution in [0.5, 0.6) is 0 Å². The van der Waals surface area contributed by atoms with Crippen LogP contribution in [0.3, 0.4) is 0 Å². The van der Waals surface area contributed by atoms with Crippen molar-refractivity contribution in [2.45, 2.75) is 19.9 Å². The van der Waals surface area contributed by atoms with Crippen LogP contribution in [0.4, 0.5) is 11.5 Å². The van der Waals surface area contributed by atoms with Crippen LogP contribution in [0.1, 0.15) is 18.9 Å². The smallest absolute Gasteiger partial charge is 0.330 e. The van der Waals surface area contributed by atoms with Crippen molar-refractivity contribution in [3.63, 3.8) is 0 Å². The molecule has 174 valence electrons. The minimum Gasteiger partial charge on any atom is -0.465 e. The van der Waals surface area contributed by atoms with Crippen LogP contribution in [-0.4, -0.2) is 59.8 Å². The van der Waals surface area contributed by atoms with E-state index in [1.165, 1.54) is 16.6 Å². The van der Waals surface area contributed by atoms with Gasteiger partial charge in [-0.2, -0.15) is 0 Å². The third kappa shape index (κ3) is 6.99. The summed E-state index contributed by atoms with van der Waals surface area (Å²) in [5.41, 5.74) is 5.52. The largest absolute Gasteiger partial charge is 0.465 e. The van der Waals surface area contributed by atoms with Gasteiger partial charge in [0, 0.05) is 20.3 Å². The number of hydrogen-bond acceptors (Lipinski definition) is 8. The fraction of sp³-hybridized carbons (Fsp3) is 0.429. The number of rotatable bonds is 12. The van der Waals surface area contributed by atoms with Crippen LogP contribution in [0.25, 0.3) is 0 Å². The van der Waals surface area contributed by atoms with Gasteiger partial charge in [-0.05, 0) is 18.9 Å². The average molecular weight is 465 g/mol. The van der Waals surface area contributed by atoms with E-state index in [9.17, 15) is 19.2 Å². The number of aromatic amines is 1. The Balaban J connectivity index is 2.33. The minimum atomic E-state index is -0.752. The summed E-state index contributed by atoms with van der Waals surface area (Å²) >= 11 is 1.07. The molecular weight excluding hydrogens is 436 g/mol. The van der Waals surface area contributed by atoms with Crippen molar-refractivity contribution in [2.24, 2.45) is 0 Å². The van der Waals surface area contributed by atoms with Crippen molar-refractivity contribution in [1.29, 1.82) is 0 Å². The number of anilines is 2. The molecule has 0 unspecified atom stereocenters. The maximum atomic E-state index is 13.0. The zero-order valence-corrected chi connectivity index (χ0v) is 19.0. The van der Waals surface area contributed by atoms with Gasteiger partial charge in [-0.25, -0.2) is 4.79 Å². The van der Waals surface area contributed by atoms with Gasteiger partial charge in [-0.3, -0.25) is 23.9 Å². The fourth-order valence-electron chi connectivity index (χ4n) is 2.99. The van der Waals surface area contributed by atoms with E-state index in [0.717, 1.165) is 17.3 Å². The molecule has 2 rings (SSSR count). The molecule has 1 heterocycles. The van der Waals surface area contributed by atoms with Crippen molar-refractivity contribution in [3.8, 4) is 0 Å². The number of amides is 1. The summed E-state index contributed by atoms with van der Waals surface area (Å²) in [5.74, 6) is -1.01. The number of nitrogens with one attached hydrogen (secondary N) is 1. The maximum Gasteiger partial charge on any atom is 0.330 e. The van der Waals surface area contributed by atoms with E-state index >= 15 is 0 Å². The van der Waals surface area contributed by atoms with Crippen LogP contribution in [0, 0.1) is 0 Å². The van der Waals surface area contributed by atoms with Crippen molar-refractivity contribution < 1.29 is 19.1 Å². The van der Waals surface area contributed by atoms with Crippen LogP contribution in [0.2, 0.25) is 0 Å². The van der Waals surface area contributed by atoms with E-state index < -0.39 is 23.1 Å². The normalized spacial score (nSPS) is 10.7. The first kappa shape index (κ1) is 25.2. The molecule has 0 aliphatic carbocycles. The molecule has 32 heavy (non-hydrogen) atoms. The predicted molar refractivity (Wildman–Crippen MR) is 124 cm³/mol. The molecule has 1 amide bonds. The number of carbonyl (C=O) groups is 2. The van der Waals surface area contributed by atoms with Gasteiger partial charge < -0.3 is 20.1 Å². The summed E-state index contributed by atoms with van der Waals surface area (Å²) in [6.45, 7) is 2.60. The highest BCUT2D eigenvalue weighted by Gasteiger charge is 2.24. The van der Waals surface area contributed by atoms with E-state index in [-0.39, 0.29) is 42.7 Å². The molecule has 1 aromatic carbocycles. The van der Waals surface area contributed by atoms with Crippen molar-refractivity contribution in [2.75, 3.05) is 49.0 Å². The van der Waals surface area contributed by atoms with Crippen LogP contribution in [-0.2, 0) is 25.6 Å². The number of ether oxygens (including phenoxy) is 2. The highest BCUT2D eigenvalue weighted by atomic mass is 32.2. The van der Waals surface area contributed by atoms with E-state index in [4.69, 9.17) is 15.2 Å². The highest BCUT2D eigenvalue weighted by molar-refractivity contribution is 8.00. The Morgan fingerprint density at radius 3 is 2.56 bits per heavy atom. The zero-order chi connectivity index (χ0) is 23.5. The van der Waals surface area contributed by atoms with Crippen LogP contribution >= 0.6 is 11.8 Å². The Hall–Kier alpha value is -3.05. The molecule has 0 aliphatic rings. The van der Waals surface area contributed by atoms with Crippen LogP contribution in [0.15, 0.2) is 39.9 Å². The number of H-pyrrole nitrogens is 1. The monoisotopic (exact) mass is 464 g/mol. The molecular formula is C21H28N4O6S. The molecule has 0 atom stereocenters. The number of nitrogens with zero attached hydrogens (tertiary/aromatic N) is 2. The highest BCUT2D eigenvalue weighted by Crippen LogP contribution is 2.19. The molecule has 0 fully saturated rings. The van der Waals surface area contributed by atoms with Crippen molar-refractivity contribution >= 4 is 35.1 Å². The van der Waals surface area contributed by atoms with Crippen molar-refractivity contribution in [1.82, 2.24) is 9.55 Å². The minimum absolute atomic E-state index is 0.00480. The van der Waals surface area contributed by atoms with Crippen molar-refractivity contribution in [3.05, 3.63) is 56.7 Å². The third-order valence-electron chi connectivity index (χ3n) is 4.45. The van der Waals surface area contributed by atoms with Gasteiger partial charge in [0.2, 0.25) is 5.91 Å². The Morgan fingerprint density at radius 1 is 1.19 bits per heavy atom. The van der Waals surface area contributed by atoms with Gasteiger partial charge in [0.05, 0.1) is 24.7 Å². The number of nitrogen functional groups attached to an aromatic ring is 1. The van der Waals surface area contributed by atoms with E-state index in [1.54, 1.807) is 6.92 Å². The Kier molecular flexibility index (Phi) is 10.0. The number of thioether (sulfide) groups is 1. The lowest BCUT2D eigenvalue weighted by atomic mass is 10.2. The standard InChI is InChI=1S/C21H28N4O6S/c1-3-31-17(27)14-32-13-16(26)24(10-7-11-30-2)18-19(22)25(21(29)23-20(18)28)12-15-8-5-4-6-9-15/h4-6,8-9H,3,7,10-14,22H2,1-2H3,(H,23,28,29). The SMILES string of the molecule is CCOC(=O)CSCC(=O)N(CCCOC)c1c(N)n(Cc2ccccc2)c(=O)[nH]c1=O. The lowest BCUT2D eigenvalue weighted by Gasteiger charge is -2.24. The first-order valence-corrected chi connectivity index (χ1v) is 11.2. The summed E-state index contributed by atoms with van der Waals surface area (Å²) in [5, 5.41) is 0. The molecule has 0 bridgehead atoms. The van der Waals surface area contributed by atoms with E-state index in [0.29, 0.717) is 13.0 Å². The molecule has 0 aliphatic heterocycles. The Morgan fingerprint density at radius 2 is 1.91 bits per heavy atom. The van der Waals surface area contributed by atoms with Gasteiger partial charge in [-0.15, -0.1) is 11.8 Å². The van der Waals surface area contributed by atoms with Gasteiger partial charge in [-0.1, -0.05) is 30.3 Å². The Labute approximate surface area is 189 Å². The fourth-order valence-corrected chi connectivity index (χ4v) is 3.67. The molecule has 0 saturated carbocycles. The molecule has 3 N–H and O–H groups in total. The summed E-state index contributed by atoms with van der Waals surface area (Å²) in [7, 11) is 1.53. The number of carbonyl (C=O) groups excluding carboxylic acids is 2. The second-order valence-electron chi connectivity index (χ2n) is 6.75. The number of benzene rings is 1. The predicted octanol–water partition coefficient (Wildman–Crippen LogP) is 0.833. The van der Waals surface area contributed by atoms with E-state index in [1.807, 2.05) is 30.3 Å². The van der Waals surface area contributed by atoms with Gasteiger partial charge in [0.1, 0.15) is 5.82 Å². The molecule has 0 radical (unpaired) electrons. The first-order chi connectivity index (χ1) is 15.4. The van der Waals surface area contributed by atoms with Gasteiger partial charge in [0.15, 0.2) is 5.69 Å². The maximum absolute atomic E-state index is 13.0. The summed E-state index contributed by atoms with van der Waals surface area (Å²) < 4.78 is 11.1. The zero-order valence-electron chi connectivity index (χ0n) is 18.2. The molecule has 0 spiro atoms. The molecule has 1 aromatic heterocycles. The second kappa shape index (κ2) is 12.7. The lowest BCUT2D eigenvalue weighted by molar-refractivity contribution is -0.139. The number of methoxy groups -OCH3 is 1. The lowest BCUT2D eigenvalue weighted by Crippen LogP contribution is -2.42. The molecule has 10 nitrogen and oxygen atoms in total. The number of esters is 1. The average Bonchev–Trinajstić information content (AvgIpc) is 2.76. The quantitative estimate of drug-likeness (QED) is 0.348. The number of aromatic nitrogens is 2. The topological polar surface area (TPSA) is 137 Å². The molecule has 2 aromatic rings. The Bertz CT molecular complexity index is 1020.